The first-order valence-corrected chi connectivity index (χ1v) is 8.57. The summed E-state index contributed by atoms with van der Waals surface area (Å²) >= 11 is 0. The Morgan fingerprint density at radius 3 is 2.62 bits per heavy atom. The number of nitrogens with zero attached hydrogens (tertiary/aromatic N) is 2. The summed E-state index contributed by atoms with van der Waals surface area (Å²) in [6.07, 6.45) is 2.67. The van der Waals surface area contributed by atoms with Crippen molar-refractivity contribution in [2.75, 3.05) is 19.4 Å². The fourth-order valence-corrected chi connectivity index (χ4v) is 2.03. The first-order valence-electron chi connectivity index (χ1n) is 6.68. The number of esters is 1. The lowest BCUT2D eigenvalue weighted by molar-refractivity contribution is 0.0524. The van der Waals surface area contributed by atoms with Gasteiger partial charge in [-0.2, -0.15) is 5.10 Å². The molecule has 7 nitrogen and oxygen atoms in total. The smallest absolute Gasteiger partial charge is 0.341 e. The highest BCUT2D eigenvalue weighted by Crippen LogP contribution is 2.14. The standard InChI is InChI=1S/C13H23N3O4S/c1-6-20-12(17)10-7-15-16(4)11(10)8-14-9-13(2,3)21(5,18)19/h7,14H,6,8-9H2,1-5H3. The molecule has 0 radical (unpaired) electrons. The maximum atomic E-state index is 11.8. The van der Waals surface area contributed by atoms with E-state index in [2.05, 4.69) is 10.4 Å². The van der Waals surface area contributed by atoms with Crippen molar-refractivity contribution < 1.29 is 17.9 Å². The van der Waals surface area contributed by atoms with Gasteiger partial charge >= 0.3 is 5.97 Å². The van der Waals surface area contributed by atoms with E-state index < -0.39 is 20.6 Å². The van der Waals surface area contributed by atoms with Gasteiger partial charge in [0.25, 0.3) is 0 Å². The number of sulfone groups is 1. The Bertz CT molecular complexity index is 605. The Labute approximate surface area is 125 Å². The molecule has 1 rings (SSSR count). The number of carbonyl (C=O) groups excluding carboxylic acids is 1. The minimum atomic E-state index is -3.17. The van der Waals surface area contributed by atoms with Gasteiger partial charge in [-0.3, -0.25) is 4.68 Å². The van der Waals surface area contributed by atoms with E-state index in [1.807, 2.05) is 0 Å². The van der Waals surface area contributed by atoms with Gasteiger partial charge in [0.15, 0.2) is 9.84 Å². The summed E-state index contributed by atoms with van der Waals surface area (Å²) in [6, 6.07) is 0. The molecule has 8 heteroatoms. The first kappa shape index (κ1) is 17.6. The van der Waals surface area contributed by atoms with E-state index in [9.17, 15) is 13.2 Å². The molecule has 0 aliphatic carbocycles. The minimum absolute atomic E-state index is 0.277. The fourth-order valence-electron chi connectivity index (χ4n) is 1.66. The van der Waals surface area contributed by atoms with Crippen LogP contribution in [0.2, 0.25) is 0 Å². The molecule has 0 saturated heterocycles. The molecule has 1 aromatic heterocycles. The molecule has 0 aliphatic heterocycles. The van der Waals surface area contributed by atoms with Crippen molar-refractivity contribution in [3.05, 3.63) is 17.5 Å². The highest BCUT2D eigenvalue weighted by molar-refractivity contribution is 7.92. The molecule has 1 N–H and O–H groups in total. The molecule has 0 unspecified atom stereocenters. The topological polar surface area (TPSA) is 90.3 Å². The molecule has 0 bridgehead atoms. The summed E-state index contributed by atoms with van der Waals surface area (Å²) in [5.74, 6) is -0.426. The third-order valence-electron chi connectivity index (χ3n) is 3.40. The van der Waals surface area contributed by atoms with Gasteiger partial charge in [0.2, 0.25) is 0 Å². The second-order valence-electron chi connectivity index (χ2n) is 5.48. The number of aromatic nitrogens is 2. The molecule has 0 spiro atoms. The van der Waals surface area contributed by atoms with Crippen LogP contribution >= 0.6 is 0 Å². The molecule has 21 heavy (non-hydrogen) atoms. The van der Waals surface area contributed by atoms with E-state index in [1.165, 1.54) is 12.5 Å². The number of nitrogens with one attached hydrogen (secondary N) is 1. The van der Waals surface area contributed by atoms with Crippen molar-refractivity contribution in [1.82, 2.24) is 15.1 Å². The predicted molar refractivity (Wildman–Crippen MR) is 79.8 cm³/mol. The van der Waals surface area contributed by atoms with Crippen molar-refractivity contribution in [3.8, 4) is 0 Å². The zero-order valence-corrected chi connectivity index (χ0v) is 14.0. The van der Waals surface area contributed by atoms with Gasteiger partial charge in [-0.05, 0) is 20.8 Å². The van der Waals surface area contributed by atoms with Gasteiger partial charge in [0, 0.05) is 26.4 Å². The third kappa shape index (κ3) is 4.28. The molecule has 0 aliphatic rings. The van der Waals surface area contributed by atoms with E-state index in [-0.39, 0.29) is 6.54 Å². The molecule has 120 valence electrons. The summed E-state index contributed by atoms with van der Waals surface area (Å²) < 4.78 is 28.9. The van der Waals surface area contributed by atoms with Crippen LogP contribution in [0.15, 0.2) is 6.20 Å². The SMILES string of the molecule is CCOC(=O)c1cnn(C)c1CNCC(C)(C)S(C)(=O)=O. The fraction of sp³-hybridized carbons (Fsp3) is 0.692. The van der Waals surface area contributed by atoms with Gasteiger partial charge < -0.3 is 10.1 Å². The summed E-state index contributed by atoms with van der Waals surface area (Å²) in [4.78, 5) is 11.8. The Balaban J connectivity index is 2.77. The van der Waals surface area contributed by atoms with Gasteiger partial charge in [-0.1, -0.05) is 0 Å². The molecule has 0 saturated carbocycles. The van der Waals surface area contributed by atoms with Crippen LogP contribution in [0.5, 0.6) is 0 Å². The van der Waals surface area contributed by atoms with E-state index >= 15 is 0 Å². The summed E-state index contributed by atoms with van der Waals surface area (Å²) in [6.45, 7) is 5.96. The van der Waals surface area contributed by atoms with Gasteiger partial charge in [-0.15, -0.1) is 0 Å². The zero-order valence-electron chi connectivity index (χ0n) is 13.1. The molecule has 0 aromatic carbocycles. The normalized spacial score (nSPS) is 12.4. The summed E-state index contributed by atoms with van der Waals surface area (Å²) in [5.41, 5.74) is 1.06. The predicted octanol–water partition coefficient (Wildman–Crippen LogP) is 0.510. The number of hydrogen-bond acceptors (Lipinski definition) is 6. The Morgan fingerprint density at radius 1 is 1.48 bits per heavy atom. The second kappa shape index (κ2) is 6.57. The number of carbonyl (C=O) groups is 1. The number of ether oxygens (including phenoxy) is 1. The minimum Gasteiger partial charge on any atom is -0.462 e. The highest BCUT2D eigenvalue weighted by Gasteiger charge is 2.29. The largest absolute Gasteiger partial charge is 0.462 e. The number of hydrogen-bond donors (Lipinski definition) is 1. The quantitative estimate of drug-likeness (QED) is 0.737. The van der Waals surface area contributed by atoms with E-state index in [0.29, 0.717) is 24.4 Å². The maximum absolute atomic E-state index is 11.8. The van der Waals surface area contributed by atoms with Crippen LogP contribution in [0.4, 0.5) is 0 Å². The van der Waals surface area contributed by atoms with Crippen LogP contribution in [-0.4, -0.2) is 48.3 Å². The lowest BCUT2D eigenvalue weighted by Gasteiger charge is -2.23. The van der Waals surface area contributed by atoms with Crippen LogP contribution in [-0.2, 0) is 28.2 Å². The van der Waals surface area contributed by atoms with E-state index in [0.717, 1.165) is 0 Å². The Hall–Kier alpha value is -1.41. The van der Waals surface area contributed by atoms with Gasteiger partial charge in [0.05, 0.1) is 23.2 Å². The summed E-state index contributed by atoms with van der Waals surface area (Å²) in [5, 5.41) is 7.11. The molecular weight excluding hydrogens is 294 g/mol. The lowest BCUT2D eigenvalue weighted by Crippen LogP contribution is -2.41. The molecular formula is C13H23N3O4S. The third-order valence-corrected chi connectivity index (χ3v) is 5.56. The van der Waals surface area contributed by atoms with Crippen molar-refractivity contribution in [2.45, 2.75) is 32.1 Å². The second-order valence-corrected chi connectivity index (χ2v) is 8.13. The monoisotopic (exact) mass is 317 g/mol. The molecule has 1 aromatic rings. The van der Waals surface area contributed by atoms with E-state index in [4.69, 9.17) is 4.74 Å². The van der Waals surface area contributed by atoms with Crippen molar-refractivity contribution >= 4 is 15.8 Å². The zero-order chi connectivity index (χ0) is 16.3. The molecule has 1 heterocycles. The number of rotatable bonds is 7. The van der Waals surface area contributed by atoms with Gasteiger partial charge in [-0.25, -0.2) is 13.2 Å². The molecule has 0 fully saturated rings. The van der Waals surface area contributed by atoms with Crippen molar-refractivity contribution in [3.63, 3.8) is 0 Å². The Morgan fingerprint density at radius 2 is 2.10 bits per heavy atom. The van der Waals surface area contributed by atoms with Gasteiger partial charge in [0.1, 0.15) is 5.56 Å². The maximum Gasteiger partial charge on any atom is 0.341 e. The van der Waals surface area contributed by atoms with Crippen molar-refractivity contribution in [2.24, 2.45) is 7.05 Å². The molecule has 0 amide bonds. The summed E-state index contributed by atoms with van der Waals surface area (Å²) in [7, 11) is -1.44. The average Bonchev–Trinajstić information content (AvgIpc) is 2.70. The van der Waals surface area contributed by atoms with Crippen molar-refractivity contribution in [1.29, 1.82) is 0 Å². The molecule has 0 atom stereocenters. The highest BCUT2D eigenvalue weighted by atomic mass is 32.2. The average molecular weight is 317 g/mol. The lowest BCUT2D eigenvalue weighted by atomic mass is 10.2. The van der Waals surface area contributed by atoms with Crippen LogP contribution in [0.25, 0.3) is 0 Å². The van der Waals surface area contributed by atoms with Crippen LogP contribution in [0.1, 0.15) is 36.8 Å². The number of aryl methyl sites for hydroxylation is 1. The van der Waals surface area contributed by atoms with E-state index in [1.54, 1.807) is 32.5 Å². The Kier molecular flexibility index (Phi) is 5.52. The van der Waals surface area contributed by atoms with Crippen LogP contribution < -0.4 is 5.32 Å². The first-order chi connectivity index (χ1) is 9.60. The van der Waals surface area contributed by atoms with Crippen LogP contribution in [0.3, 0.4) is 0 Å². The van der Waals surface area contributed by atoms with Crippen LogP contribution in [0, 0.1) is 0 Å².